The number of carbonyl (C=O) groups excluding carboxylic acids is 1. The highest BCUT2D eigenvalue weighted by Gasteiger charge is 2.20. The van der Waals surface area contributed by atoms with Crippen molar-refractivity contribution in [2.24, 2.45) is 0 Å². The molecule has 0 bridgehead atoms. The lowest BCUT2D eigenvalue weighted by molar-refractivity contribution is 0.102. The Morgan fingerprint density at radius 1 is 1.29 bits per heavy atom. The van der Waals surface area contributed by atoms with Gasteiger partial charge in [0, 0.05) is 5.69 Å². The number of anilines is 1. The summed E-state index contributed by atoms with van der Waals surface area (Å²) in [5.74, 6) is -0.401. The normalized spacial score (nSPS) is 11.4. The van der Waals surface area contributed by atoms with Gasteiger partial charge in [0.05, 0.1) is 27.6 Å². The van der Waals surface area contributed by atoms with Gasteiger partial charge in [0.2, 0.25) is 0 Å². The molecule has 0 spiro atoms. The van der Waals surface area contributed by atoms with Crippen molar-refractivity contribution in [1.82, 2.24) is 10.2 Å². The van der Waals surface area contributed by atoms with Crippen molar-refractivity contribution >= 4 is 21.4 Å². The fraction of sp³-hybridized carbons (Fsp3) is 0.286. The highest BCUT2D eigenvalue weighted by molar-refractivity contribution is 7.91. The Labute approximate surface area is 123 Å². The summed E-state index contributed by atoms with van der Waals surface area (Å²) < 4.78 is 24.1. The molecule has 0 saturated heterocycles. The maximum atomic E-state index is 12.3. The summed E-state index contributed by atoms with van der Waals surface area (Å²) in [6.07, 6.45) is 0. The number of hydrogen-bond acceptors (Lipinski definition) is 4. The van der Waals surface area contributed by atoms with Crippen LogP contribution in [0.2, 0.25) is 0 Å². The zero-order chi connectivity index (χ0) is 15.6. The molecule has 0 fully saturated rings. The Hall–Kier alpha value is -2.15. The lowest BCUT2D eigenvalue weighted by Crippen LogP contribution is -2.16. The van der Waals surface area contributed by atoms with Crippen LogP contribution in [0.4, 0.5) is 5.69 Å². The van der Waals surface area contributed by atoms with E-state index in [0.29, 0.717) is 17.0 Å². The SMILES string of the molecule is CCS(=O)(=O)c1ccccc1NC(=O)c1c(C)n[nH]c1C. The van der Waals surface area contributed by atoms with Crippen LogP contribution >= 0.6 is 0 Å². The minimum atomic E-state index is -3.40. The zero-order valence-corrected chi connectivity index (χ0v) is 12.9. The number of carbonyl (C=O) groups is 1. The molecule has 0 radical (unpaired) electrons. The van der Waals surface area contributed by atoms with Crippen LogP contribution in [-0.4, -0.2) is 30.3 Å². The summed E-state index contributed by atoms with van der Waals surface area (Å²) in [6.45, 7) is 5.02. The second-order valence-corrected chi connectivity index (χ2v) is 6.91. The van der Waals surface area contributed by atoms with E-state index in [1.54, 1.807) is 39.0 Å². The smallest absolute Gasteiger partial charge is 0.259 e. The fourth-order valence-corrected chi connectivity index (χ4v) is 3.12. The van der Waals surface area contributed by atoms with Gasteiger partial charge in [-0.2, -0.15) is 5.10 Å². The van der Waals surface area contributed by atoms with Gasteiger partial charge in [-0.15, -0.1) is 0 Å². The number of amides is 1. The minimum absolute atomic E-state index is 0.0242. The molecule has 0 unspecified atom stereocenters. The molecule has 0 aliphatic rings. The Balaban J connectivity index is 2.40. The molecule has 7 heteroatoms. The number of para-hydroxylation sites is 1. The highest BCUT2D eigenvalue weighted by Crippen LogP contribution is 2.23. The van der Waals surface area contributed by atoms with E-state index in [1.165, 1.54) is 6.07 Å². The maximum Gasteiger partial charge on any atom is 0.259 e. The molecular formula is C14H17N3O3S. The lowest BCUT2D eigenvalue weighted by Gasteiger charge is -2.10. The molecule has 0 aliphatic carbocycles. The van der Waals surface area contributed by atoms with Gasteiger partial charge in [0.15, 0.2) is 9.84 Å². The number of sulfone groups is 1. The summed E-state index contributed by atoms with van der Waals surface area (Å²) in [5.41, 5.74) is 1.92. The molecule has 1 amide bonds. The quantitative estimate of drug-likeness (QED) is 0.904. The monoisotopic (exact) mass is 307 g/mol. The Morgan fingerprint density at radius 2 is 1.95 bits per heavy atom. The molecular weight excluding hydrogens is 290 g/mol. The number of nitrogens with zero attached hydrogens (tertiary/aromatic N) is 1. The zero-order valence-electron chi connectivity index (χ0n) is 12.1. The molecule has 2 rings (SSSR count). The van der Waals surface area contributed by atoms with Crippen LogP contribution in [0.25, 0.3) is 0 Å². The van der Waals surface area contributed by atoms with E-state index in [0.717, 1.165) is 0 Å². The van der Waals surface area contributed by atoms with Gasteiger partial charge < -0.3 is 5.32 Å². The molecule has 2 N–H and O–H groups in total. The first-order chi connectivity index (χ1) is 9.86. The highest BCUT2D eigenvalue weighted by atomic mass is 32.2. The van der Waals surface area contributed by atoms with Gasteiger partial charge in [0.1, 0.15) is 0 Å². The molecule has 0 aliphatic heterocycles. The Kier molecular flexibility index (Phi) is 4.13. The number of aromatic nitrogens is 2. The maximum absolute atomic E-state index is 12.3. The molecule has 0 atom stereocenters. The van der Waals surface area contributed by atoms with Gasteiger partial charge in [-0.05, 0) is 26.0 Å². The molecule has 1 aromatic carbocycles. The third-order valence-corrected chi connectivity index (χ3v) is 4.99. The van der Waals surface area contributed by atoms with Gasteiger partial charge in [0.25, 0.3) is 5.91 Å². The number of hydrogen-bond donors (Lipinski definition) is 2. The second-order valence-electron chi connectivity index (χ2n) is 4.66. The summed E-state index contributed by atoms with van der Waals surface area (Å²) in [6, 6.07) is 6.38. The third kappa shape index (κ3) is 2.97. The van der Waals surface area contributed by atoms with E-state index in [4.69, 9.17) is 0 Å². The van der Waals surface area contributed by atoms with Crippen molar-refractivity contribution in [1.29, 1.82) is 0 Å². The molecule has 2 aromatic rings. The Morgan fingerprint density at radius 3 is 2.52 bits per heavy atom. The topological polar surface area (TPSA) is 91.9 Å². The summed E-state index contributed by atoms with van der Waals surface area (Å²) in [7, 11) is -3.40. The van der Waals surface area contributed by atoms with Crippen molar-refractivity contribution in [3.8, 4) is 0 Å². The van der Waals surface area contributed by atoms with Crippen LogP contribution in [0.3, 0.4) is 0 Å². The van der Waals surface area contributed by atoms with Crippen molar-refractivity contribution in [2.75, 3.05) is 11.1 Å². The van der Waals surface area contributed by atoms with Crippen molar-refractivity contribution in [3.05, 3.63) is 41.2 Å². The number of benzene rings is 1. The number of H-pyrrole nitrogens is 1. The van der Waals surface area contributed by atoms with E-state index in [1.807, 2.05) is 0 Å². The molecule has 1 aromatic heterocycles. The number of aromatic amines is 1. The average molecular weight is 307 g/mol. The lowest BCUT2D eigenvalue weighted by atomic mass is 10.2. The third-order valence-electron chi connectivity index (χ3n) is 3.21. The van der Waals surface area contributed by atoms with Crippen LogP contribution in [0.15, 0.2) is 29.2 Å². The van der Waals surface area contributed by atoms with Crippen LogP contribution in [0, 0.1) is 13.8 Å². The standard InChI is InChI=1S/C14H17N3O3S/c1-4-21(19,20)12-8-6-5-7-11(12)15-14(18)13-9(2)16-17-10(13)3/h5-8H,4H2,1-3H3,(H,15,18)(H,16,17). The van der Waals surface area contributed by atoms with Crippen molar-refractivity contribution in [2.45, 2.75) is 25.7 Å². The molecule has 6 nitrogen and oxygen atoms in total. The van der Waals surface area contributed by atoms with Crippen LogP contribution in [-0.2, 0) is 9.84 Å². The number of aryl methyl sites for hydroxylation is 2. The average Bonchev–Trinajstić information content (AvgIpc) is 2.78. The molecule has 0 saturated carbocycles. The Bertz CT molecular complexity index is 759. The van der Waals surface area contributed by atoms with E-state index in [-0.39, 0.29) is 22.2 Å². The van der Waals surface area contributed by atoms with E-state index >= 15 is 0 Å². The van der Waals surface area contributed by atoms with Gasteiger partial charge in [-0.1, -0.05) is 19.1 Å². The molecule has 1 heterocycles. The summed E-state index contributed by atoms with van der Waals surface area (Å²) in [4.78, 5) is 12.4. The molecule has 21 heavy (non-hydrogen) atoms. The summed E-state index contributed by atoms with van der Waals surface area (Å²) in [5, 5.41) is 9.35. The van der Waals surface area contributed by atoms with Gasteiger partial charge in [-0.3, -0.25) is 9.89 Å². The van der Waals surface area contributed by atoms with E-state index < -0.39 is 9.84 Å². The van der Waals surface area contributed by atoms with Gasteiger partial charge in [-0.25, -0.2) is 8.42 Å². The predicted octanol–water partition coefficient (Wildman–Crippen LogP) is 2.07. The first-order valence-corrected chi connectivity index (χ1v) is 8.16. The van der Waals surface area contributed by atoms with E-state index in [2.05, 4.69) is 15.5 Å². The first kappa shape index (κ1) is 15.2. The predicted molar refractivity (Wildman–Crippen MR) is 80.2 cm³/mol. The van der Waals surface area contributed by atoms with Crippen molar-refractivity contribution < 1.29 is 13.2 Å². The minimum Gasteiger partial charge on any atom is -0.321 e. The van der Waals surface area contributed by atoms with E-state index in [9.17, 15) is 13.2 Å². The molecule has 112 valence electrons. The summed E-state index contributed by atoms with van der Waals surface area (Å²) >= 11 is 0. The fourth-order valence-electron chi connectivity index (χ4n) is 2.07. The largest absolute Gasteiger partial charge is 0.321 e. The second kappa shape index (κ2) is 5.69. The first-order valence-electron chi connectivity index (χ1n) is 6.51. The number of rotatable bonds is 4. The van der Waals surface area contributed by atoms with Crippen molar-refractivity contribution in [3.63, 3.8) is 0 Å². The number of nitrogens with one attached hydrogen (secondary N) is 2. The van der Waals surface area contributed by atoms with Crippen LogP contribution in [0.5, 0.6) is 0 Å². The van der Waals surface area contributed by atoms with Crippen LogP contribution in [0.1, 0.15) is 28.7 Å². The van der Waals surface area contributed by atoms with Gasteiger partial charge >= 0.3 is 0 Å². The van der Waals surface area contributed by atoms with Crippen LogP contribution < -0.4 is 5.32 Å².